The normalized spacial score (nSPS) is 10.6. The van der Waals surface area contributed by atoms with Gasteiger partial charge in [-0.05, 0) is 19.1 Å². The Bertz CT molecular complexity index is 528. The number of hydrogen-bond donors (Lipinski definition) is 1. The number of nitrogens with one attached hydrogen (secondary N) is 1. The molecule has 0 spiro atoms. The molecule has 0 atom stereocenters. The first kappa shape index (κ1) is 13.1. The predicted octanol–water partition coefficient (Wildman–Crippen LogP) is 2.98. The molecule has 0 saturated carbocycles. The molecule has 0 aliphatic heterocycles. The quantitative estimate of drug-likeness (QED) is 0.943. The lowest BCUT2D eigenvalue weighted by Crippen LogP contribution is -2.14. The monoisotopic (exact) mass is 309 g/mol. The van der Waals surface area contributed by atoms with E-state index in [0.717, 1.165) is 15.9 Å². The number of benzene rings is 1. The molecule has 0 aliphatic rings. The van der Waals surface area contributed by atoms with Gasteiger partial charge in [0.05, 0.1) is 11.4 Å². The van der Waals surface area contributed by atoms with E-state index in [1.807, 2.05) is 13.0 Å². The Morgan fingerprint density at radius 2 is 2.06 bits per heavy atom. The first-order chi connectivity index (χ1) is 8.65. The van der Waals surface area contributed by atoms with E-state index in [0.29, 0.717) is 18.7 Å². The molecule has 18 heavy (non-hydrogen) atoms. The number of hydrogen-bond acceptors (Lipinski definition) is 3. The molecule has 0 bridgehead atoms. The molecular formula is C13H13BrFN3. The van der Waals surface area contributed by atoms with Crippen LogP contribution in [0.1, 0.15) is 17.0 Å². The van der Waals surface area contributed by atoms with E-state index in [9.17, 15) is 4.39 Å². The summed E-state index contributed by atoms with van der Waals surface area (Å²) in [5.74, 6) is -0.216. The topological polar surface area (TPSA) is 37.8 Å². The van der Waals surface area contributed by atoms with Crippen LogP contribution in [0.4, 0.5) is 4.39 Å². The zero-order chi connectivity index (χ0) is 13.0. The van der Waals surface area contributed by atoms with Gasteiger partial charge >= 0.3 is 0 Å². The van der Waals surface area contributed by atoms with Crippen LogP contribution in [0.5, 0.6) is 0 Å². The van der Waals surface area contributed by atoms with Crippen molar-refractivity contribution in [2.45, 2.75) is 20.0 Å². The zero-order valence-corrected chi connectivity index (χ0v) is 11.5. The van der Waals surface area contributed by atoms with Crippen LogP contribution in [-0.4, -0.2) is 9.97 Å². The average Bonchev–Trinajstić information content (AvgIpc) is 2.34. The smallest absolute Gasteiger partial charge is 0.128 e. The van der Waals surface area contributed by atoms with Crippen molar-refractivity contribution in [3.05, 3.63) is 57.8 Å². The molecule has 0 saturated heterocycles. The second kappa shape index (κ2) is 6.02. The van der Waals surface area contributed by atoms with Crippen molar-refractivity contribution < 1.29 is 4.39 Å². The van der Waals surface area contributed by atoms with Gasteiger partial charge in [0.1, 0.15) is 5.82 Å². The maximum Gasteiger partial charge on any atom is 0.128 e. The molecule has 1 heterocycles. The van der Waals surface area contributed by atoms with E-state index in [2.05, 4.69) is 31.2 Å². The van der Waals surface area contributed by atoms with E-state index < -0.39 is 0 Å². The fourth-order valence-electron chi connectivity index (χ4n) is 1.50. The first-order valence-electron chi connectivity index (χ1n) is 5.57. The van der Waals surface area contributed by atoms with Gasteiger partial charge in [-0.3, -0.25) is 9.97 Å². The summed E-state index contributed by atoms with van der Waals surface area (Å²) in [5.41, 5.74) is 2.37. The molecule has 3 nitrogen and oxygen atoms in total. The highest BCUT2D eigenvalue weighted by Gasteiger charge is 2.02. The summed E-state index contributed by atoms with van der Waals surface area (Å²) in [6.07, 6.45) is 3.44. The summed E-state index contributed by atoms with van der Waals surface area (Å²) in [5, 5.41) is 3.14. The van der Waals surface area contributed by atoms with Crippen molar-refractivity contribution in [3.8, 4) is 0 Å². The van der Waals surface area contributed by atoms with Crippen LogP contribution in [-0.2, 0) is 13.1 Å². The van der Waals surface area contributed by atoms with Crippen LogP contribution in [0.2, 0.25) is 0 Å². The van der Waals surface area contributed by atoms with E-state index in [4.69, 9.17) is 0 Å². The van der Waals surface area contributed by atoms with Crippen LogP contribution < -0.4 is 5.32 Å². The van der Waals surface area contributed by atoms with Crippen molar-refractivity contribution in [3.63, 3.8) is 0 Å². The maximum absolute atomic E-state index is 13.5. The van der Waals surface area contributed by atoms with Gasteiger partial charge in [0.2, 0.25) is 0 Å². The lowest BCUT2D eigenvalue weighted by molar-refractivity contribution is 0.584. The molecule has 0 fully saturated rings. The SMILES string of the molecule is Cc1cnc(CNCc2ccc(Br)cc2F)cn1. The minimum Gasteiger partial charge on any atom is -0.307 e. The fraction of sp³-hybridized carbons (Fsp3) is 0.231. The Kier molecular flexibility index (Phi) is 4.38. The lowest BCUT2D eigenvalue weighted by atomic mass is 10.2. The average molecular weight is 310 g/mol. The third-order valence-electron chi connectivity index (χ3n) is 2.47. The molecule has 0 unspecified atom stereocenters. The highest BCUT2D eigenvalue weighted by Crippen LogP contribution is 2.15. The molecule has 2 aromatic rings. The molecule has 0 amide bonds. The van der Waals surface area contributed by atoms with Gasteiger partial charge in [0.15, 0.2) is 0 Å². The highest BCUT2D eigenvalue weighted by atomic mass is 79.9. The van der Waals surface area contributed by atoms with Crippen molar-refractivity contribution in [1.29, 1.82) is 0 Å². The minimum atomic E-state index is -0.216. The van der Waals surface area contributed by atoms with Gasteiger partial charge in [-0.25, -0.2) is 4.39 Å². The third kappa shape index (κ3) is 3.58. The van der Waals surface area contributed by atoms with Crippen LogP contribution in [0.3, 0.4) is 0 Å². The lowest BCUT2D eigenvalue weighted by Gasteiger charge is -2.06. The number of halogens is 2. The summed E-state index contributed by atoms with van der Waals surface area (Å²) < 4.78 is 14.3. The van der Waals surface area contributed by atoms with E-state index in [1.165, 1.54) is 6.07 Å². The summed E-state index contributed by atoms with van der Waals surface area (Å²) >= 11 is 3.23. The summed E-state index contributed by atoms with van der Waals surface area (Å²) in [4.78, 5) is 8.37. The second-order valence-corrected chi connectivity index (χ2v) is 4.90. The highest BCUT2D eigenvalue weighted by molar-refractivity contribution is 9.10. The predicted molar refractivity (Wildman–Crippen MR) is 71.4 cm³/mol. The van der Waals surface area contributed by atoms with Gasteiger partial charge < -0.3 is 5.32 Å². The number of aryl methyl sites for hydroxylation is 1. The molecule has 1 aromatic carbocycles. The van der Waals surface area contributed by atoms with Crippen molar-refractivity contribution in [1.82, 2.24) is 15.3 Å². The summed E-state index contributed by atoms with van der Waals surface area (Å²) in [6.45, 7) is 2.93. The Labute approximate surface area is 114 Å². The molecule has 0 aliphatic carbocycles. The minimum absolute atomic E-state index is 0.216. The van der Waals surface area contributed by atoms with Crippen molar-refractivity contribution in [2.75, 3.05) is 0 Å². The van der Waals surface area contributed by atoms with Crippen LogP contribution >= 0.6 is 15.9 Å². The number of aromatic nitrogens is 2. The van der Waals surface area contributed by atoms with Crippen LogP contribution in [0.15, 0.2) is 35.1 Å². The van der Waals surface area contributed by atoms with Gasteiger partial charge in [0.25, 0.3) is 0 Å². The molecule has 94 valence electrons. The van der Waals surface area contributed by atoms with Gasteiger partial charge in [-0.1, -0.05) is 22.0 Å². The first-order valence-corrected chi connectivity index (χ1v) is 6.36. The van der Waals surface area contributed by atoms with Crippen LogP contribution in [0.25, 0.3) is 0 Å². The van der Waals surface area contributed by atoms with Crippen LogP contribution in [0, 0.1) is 12.7 Å². The Morgan fingerprint density at radius 1 is 1.22 bits per heavy atom. The Balaban J connectivity index is 1.90. The largest absolute Gasteiger partial charge is 0.307 e. The third-order valence-corrected chi connectivity index (χ3v) is 2.96. The van der Waals surface area contributed by atoms with Gasteiger partial charge in [-0.2, -0.15) is 0 Å². The molecule has 1 aromatic heterocycles. The van der Waals surface area contributed by atoms with Gasteiger partial charge in [-0.15, -0.1) is 0 Å². The summed E-state index contributed by atoms with van der Waals surface area (Å²) in [7, 11) is 0. The summed E-state index contributed by atoms with van der Waals surface area (Å²) in [6, 6.07) is 5.04. The fourth-order valence-corrected chi connectivity index (χ4v) is 1.83. The molecule has 2 rings (SSSR count). The standard InChI is InChI=1S/C13H13BrFN3/c1-9-5-18-12(8-17-9)7-16-6-10-2-3-11(14)4-13(10)15/h2-5,8,16H,6-7H2,1H3. The zero-order valence-electron chi connectivity index (χ0n) is 9.95. The van der Waals surface area contributed by atoms with Gasteiger partial charge in [0, 0.05) is 35.5 Å². The van der Waals surface area contributed by atoms with E-state index >= 15 is 0 Å². The van der Waals surface area contributed by atoms with E-state index in [-0.39, 0.29) is 5.82 Å². The Morgan fingerprint density at radius 3 is 2.72 bits per heavy atom. The second-order valence-electron chi connectivity index (χ2n) is 3.99. The Hall–Kier alpha value is -1.33. The molecule has 0 radical (unpaired) electrons. The van der Waals surface area contributed by atoms with Crippen molar-refractivity contribution >= 4 is 15.9 Å². The number of rotatable bonds is 4. The molecule has 1 N–H and O–H groups in total. The number of nitrogens with zero attached hydrogens (tertiary/aromatic N) is 2. The maximum atomic E-state index is 13.5. The van der Waals surface area contributed by atoms with Crippen molar-refractivity contribution in [2.24, 2.45) is 0 Å². The molecular weight excluding hydrogens is 297 g/mol. The van der Waals surface area contributed by atoms with E-state index in [1.54, 1.807) is 18.5 Å². The molecule has 5 heteroatoms.